The van der Waals surface area contributed by atoms with Gasteiger partial charge in [-0.05, 0) is 62.1 Å². The van der Waals surface area contributed by atoms with Crippen molar-refractivity contribution in [3.63, 3.8) is 0 Å². The molecule has 1 amide bonds. The number of hydrogen-bond donors (Lipinski definition) is 2. The lowest BCUT2D eigenvalue weighted by Gasteiger charge is -2.23. The highest BCUT2D eigenvalue weighted by atomic mass is 32.1. The number of hydrogen-bond acceptors (Lipinski definition) is 5. The van der Waals surface area contributed by atoms with E-state index in [-0.39, 0.29) is 5.91 Å². The van der Waals surface area contributed by atoms with Crippen LogP contribution in [0.1, 0.15) is 42.5 Å². The second-order valence-electron chi connectivity index (χ2n) is 7.48. The molecule has 2 aromatic heterocycles. The summed E-state index contributed by atoms with van der Waals surface area (Å²) in [5.74, 6) is 1.40. The van der Waals surface area contributed by atoms with E-state index in [2.05, 4.69) is 15.3 Å². The molecule has 2 heterocycles. The van der Waals surface area contributed by atoms with Gasteiger partial charge in [0.25, 0.3) is 5.91 Å². The Morgan fingerprint density at radius 3 is 2.70 bits per heavy atom. The minimum atomic E-state index is -0.218. The Bertz CT molecular complexity index is 1150. The number of ether oxygens (including phenoxy) is 1. The van der Waals surface area contributed by atoms with E-state index in [0.29, 0.717) is 22.3 Å². The molecule has 2 aromatic carbocycles. The fourth-order valence-electron chi connectivity index (χ4n) is 3.87. The van der Waals surface area contributed by atoms with Crippen molar-refractivity contribution in [2.45, 2.75) is 38.2 Å². The number of thiazole rings is 1. The largest absolute Gasteiger partial charge is 0.490 e. The van der Waals surface area contributed by atoms with Crippen LogP contribution in [0.4, 0.5) is 5.13 Å². The number of aromatic amines is 1. The Hall–Kier alpha value is -3.19. The van der Waals surface area contributed by atoms with E-state index in [4.69, 9.17) is 9.72 Å². The first-order valence-electron chi connectivity index (χ1n) is 10.2. The summed E-state index contributed by atoms with van der Waals surface area (Å²) in [7, 11) is 0. The molecule has 1 aliphatic rings. The molecule has 6 nitrogen and oxygen atoms in total. The van der Waals surface area contributed by atoms with Crippen molar-refractivity contribution in [1.29, 1.82) is 0 Å². The predicted molar refractivity (Wildman–Crippen MR) is 119 cm³/mol. The topological polar surface area (TPSA) is 79.9 Å². The van der Waals surface area contributed by atoms with Gasteiger partial charge in [-0.15, -0.1) is 11.3 Å². The van der Waals surface area contributed by atoms with Gasteiger partial charge in [0.05, 0.1) is 17.2 Å². The van der Waals surface area contributed by atoms with E-state index in [1.807, 2.05) is 41.8 Å². The number of benzene rings is 2. The summed E-state index contributed by atoms with van der Waals surface area (Å²) in [6.07, 6.45) is 8.08. The van der Waals surface area contributed by atoms with Gasteiger partial charge in [0.15, 0.2) is 5.13 Å². The van der Waals surface area contributed by atoms with Crippen molar-refractivity contribution in [2.24, 2.45) is 0 Å². The first-order valence-corrected chi connectivity index (χ1v) is 11.1. The lowest BCUT2D eigenvalue weighted by molar-refractivity contribution is 0.102. The number of aromatic nitrogens is 3. The molecule has 0 aliphatic heterocycles. The molecular formula is C23H22N4O2S. The van der Waals surface area contributed by atoms with Gasteiger partial charge in [-0.25, -0.2) is 9.97 Å². The number of imidazole rings is 1. The van der Waals surface area contributed by atoms with E-state index < -0.39 is 0 Å². The highest BCUT2D eigenvalue weighted by molar-refractivity contribution is 7.13. The van der Waals surface area contributed by atoms with Crippen LogP contribution < -0.4 is 10.1 Å². The standard InChI is InChI=1S/C23H22N4O2S/c28-22(27-23-24-13-14-30-23)18-7-4-8-19-20(18)26-21(25-19)15-9-11-17(12-10-15)29-16-5-2-1-3-6-16/h4,7-14,16H,1-3,5-6H2,(H,25,26)(H,24,27,28). The summed E-state index contributed by atoms with van der Waals surface area (Å²) in [5, 5.41) is 5.22. The lowest BCUT2D eigenvalue weighted by Crippen LogP contribution is -2.19. The van der Waals surface area contributed by atoms with Gasteiger partial charge >= 0.3 is 0 Å². The van der Waals surface area contributed by atoms with Crippen molar-refractivity contribution >= 4 is 33.4 Å². The fraction of sp³-hybridized carbons (Fsp3) is 0.261. The molecule has 152 valence electrons. The number of rotatable bonds is 5. The molecule has 30 heavy (non-hydrogen) atoms. The van der Waals surface area contributed by atoms with E-state index in [1.165, 1.54) is 30.6 Å². The highest BCUT2D eigenvalue weighted by Crippen LogP contribution is 2.27. The Kier molecular flexibility index (Phi) is 5.19. The molecule has 2 N–H and O–H groups in total. The maximum Gasteiger partial charge on any atom is 0.259 e. The maximum absolute atomic E-state index is 12.7. The molecule has 0 spiro atoms. The molecule has 0 bridgehead atoms. The van der Waals surface area contributed by atoms with Crippen molar-refractivity contribution in [2.75, 3.05) is 5.32 Å². The number of fused-ring (bicyclic) bond motifs is 1. The fourth-order valence-corrected chi connectivity index (χ4v) is 4.39. The molecule has 1 aliphatic carbocycles. The zero-order valence-electron chi connectivity index (χ0n) is 16.4. The highest BCUT2D eigenvalue weighted by Gasteiger charge is 2.17. The van der Waals surface area contributed by atoms with Crippen LogP contribution in [-0.4, -0.2) is 27.0 Å². The van der Waals surface area contributed by atoms with Crippen LogP contribution >= 0.6 is 11.3 Å². The van der Waals surface area contributed by atoms with Crippen LogP contribution in [0.15, 0.2) is 54.0 Å². The van der Waals surface area contributed by atoms with Crippen molar-refractivity contribution < 1.29 is 9.53 Å². The monoisotopic (exact) mass is 418 g/mol. The summed E-state index contributed by atoms with van der Waals surface area (Å²) in [4.78, 5) is 24.8. The average Bonchev–Trinajstić information content (AvgIpc) is 3.44. The third-order valence-corrected chi connectivity index (χ3v) is 6.08. The first kappa shape index (κ1) is 18.8. The molecule has 0 atom stereocenters. The van der Waals surface area contributed by atoms with Crippen LogP contribution in [0.25, 0.3) is 22.4 Å². The summed E-state index contributed by atoms with van der Waals surface area (Å²) in [6.45, 7) is 0. The molecule has 7 heteroatoms. The Labute approximate surface area is 178 Å². The number of para-hydroxylation sites is 1. The molecule has 0 radical (unpaired) electrons. The van der Waals surface area contributed by atoms with E-state index >= 15 is 0 Å². The van der Waals surface area contributed by atoms with E-state index in [1.54, 1.807) is 12.3 Å². The van der Waals surface area contributed by atoms with Crippen LogP contribution in [0, 0.1) is 0 Å². The minimum Gasteiger partial charge on any atom is -0.490 e. The van der Waals surface area contributed by atoms with Crippen LogP contribution in [0.2, 0.25) is 0 Å². The minimum absolute atomic E-state index is 0.218. The van der Waals surface area contributed by atoms with Crippen molar-refractivity contribution in [3.05, 3.63) is 59.6 Å². The Morgan fingerprint density at radius 1 is 1.10 bits per heavy atom. The third kappa shape index (κ3) is 3.93. The molecule has 4 aromatic rings. The maximum atomic E-state index is 12.7. The Morgan fingerprint density at radius 2 is 1.93 bits per heavy atom. The zero-order valence-corrected chi connectivity index (χ0v) is 17.2. The lowest BCUT2D eigenvalue weighted by atomic mass is 9.98. The number of carbonyl (C=O) groups excluding carboxylic acids is 1. The summed E-state index contributed by atoms with van der Waals surface area (Å²) >= 11 is 1.38. The van der Waals surface area contributed by atoms with Crippen LogP contribution in [0.5, 0.6) is 5.75 Å². The number of carbonyl (C=O) groups is 1. The Balaban J connectivity index is 1.37. The molecule has 0 unspecified atom stereocenters. The number of amides is 1. The van der Waals surface area contributed by atoms with Crippen LogP contribution in [0.3, 0.4) is 0 Å². The molecule has 1 saturated carbocycles. The van der Waals surface area contributed by atoms with Gasteiger partial charge in [0.2, 0.25) is 0 Å². The molecule has 0 saturated heterocycles. The van der Waals surface area contributed by atoms with Gasteiger partial charge in [-0.3, -0.25) is 10.1 Å². The van der Waals surface area contributed by atoms with Crippen LogP contribution in [-0.2, 0) is 0 Å². The summed E-state index contributed by atoms with van der Waals surface area (Å²) in [6, 6.07) is 13.5. The second-order valence-corrected chi connectivity index (χ2v) is 8.38. The smallest absolute Gasteiger partial charge is 0.259 e. The van der Waals surface area contributed by atoms with E-state index in [9.17, 15) is 4.79 Å². The van der Waals surface area contributed by atoms with Gasteiger partial charge in [0.1, 0.15) is 17.1 Å². The van der Waals surface area contributed by atoms with Crippen molar-refractivity contribution in [3.8, 4) is 17.1 Å². The van der Waals surface area contributed by atoms with Gasteiger partial charge in [-0.2, -0.15) is 0 Å². The first-order chi connectivity index (χ1) is 14.8. The molecule has 1 fully saturated rings. The average molecular weight is 419 g/mol. The third-order valence-electron chi connectivity index (χ3n) is 5.39. The van der Waals surface area contributed by atoms with Gasteiger partial charge in [0, 0.05) is 17.1 Å². The number of nitrogens with one attached hydrogen (secondary N) is 2. The SMILES string of the molecule is O=C(Nc1nccs1)c1cccc2[nH]c(-c3ccc(OC4CCCCC4)cc3)nc12. The van der Waals surface area contributed by atoms with E-state index in [0.717, 1.165) is 35.5 Å². The zero-order chi connectivity index (χ0) is 20.3. The number of nitrogens with zero attached hydrogens (tertiary/aromatic N) is 2. The quantitative estimate of drug-likeness (QED) is 0.439. The molecular weight excluding hydrogens is 396 g/mol. The number of H-pyrrole nitrogens is 1. The van der Waals surface area contributed by atoms with Crippen molar-refractivity contribution in [1.82, 2.24) is 15.0 Å². The number of anilines is 1. The van der Waals surface area contributed by atoms with Gasteiger partial charge in [-0.1, -0.05) is 12.5 Å². The molecule has 5 rings (SSSR count). The second kappa shape index (κ2) is 8.28. The summed E-state index contributed by atoms with van der Waals surface area (Å²) < 4.78 is 6.12. The normalized spacial score (nSPS) is 14.7. The summed E-state index contributed by atoms with van der Waals surface area (Å²) in [5.41, 5.74) is 2.93. The predicted octanol–water partition coefficient (Wildman–Crippen LogP) is 5.65. The van der Waals surface area contributed by atoms with Gasteiger partial charge < -0.3 is 9.72 Å².